The van der Waals surface area contributed by atoms with Gasteiger partial charge in [0, 0.05) is 56.7 Å². The Labute approximate surface area is 242 Å². The normalized spacial score (nSPS) is 20.8. The zero-order valence-electron chi connectivity index (χ0n) is 24.7. The summed E-state index contributed by atoms with van der Waals surface area (Å²) in [6.07, 6.45) is 10.3. The Kier molecular flexibility index (Phi) is 8.88. The Hall–Kier alpha value is -3.13. The van der Waals surface area contributed by atoms with Gasteiger partial charge in [-0.3, -0.25) is 9.69 Å². The molecule has 0 spiro atoms. The highest BCUT2D eigenvalue weighted by atomic mass is 19.1. The maximum absolute atomic E-state index is 14.4. The molecule has 41 heavy (non-hydrogen) atoms. The highest BCUT2D eigenvalue weighted by Gasteiger charge is 2.36. The second-order valence-corrected chi connectivity index (χ2v) is 12.2. The number of hydrogen-bond acceptors (Lipinski definition) is 5. The van der Waals surface area contributed by atoms with Gasteiger partial charge in [-0.15, -0.1) is 0 Å². The number of likely N-dealkylation sites (tertiary alicyclic amines) is 1. The number of halogens is 2. The average molecular weight is 569 g/mol. The number of carbonyl (C=O) groups excluding carboxylic acids is 1. The lowest BCUT2D eigenvalue weighted by Gasteiger charge is -2.34. The van der Waals surface area contributed by atoms with Crippen LogP contribution in [0.4, 0.5) is 8.78 Å². The van der Waals surface area contributed by atoms with Gasteiger partial charge in [0.1, 0.15) is 11.6 Å². The van der Waals surface area contributed by atoms with Crippen LogP contribution in [-0.4, -0.2) is 60.8 Å². The molecule has 6 nitrogen and oxygen atoms in total. The van der Waals surface area contributed by atoms with Crippen LogP contribution in [0.5, 0.6) is 17.2 Å². The van der Waals surface area contributed by atoms with E-state index in [4.69, 9.17) is 14.2 Å². The smallest absolute Gasteiger partial charge is 0.254 e. The number of hydrogen-bond donors (Lipinski definition) is 0. The molecule has 1 saturated carbocycles. The van der Waals surface area contributed by atoms with Crippen molar-refractivity contribution in [1.82, 2.24) is 9.80 Å². The molecule has 0 aromatic heterocycles. The van der Waals surface area contributed by atoms with Crippen LogP contribution >= 0.6 is 0 Å². The summed E-state index contributed by atoms with van der Waals surface area (Å²) in [4.78, 5) is 18.6. The van der Waals surface area contributed by atoms with Gasteiger partial charge < -0.3 is 19.1 Å². The third-order valence-corrected chi connectivity index (χ3v) is 8.43. The summed E-state index contributed by atoms with van der Waals surface area (Å²) in [6.45, 7) is 8.49. The predicted molar refractivity (Wildman–Crippen MR) is 155 cm³/mol. The van der Waals surface area contributed by atoms with E-state index in [-0.39, 0.29) is 11.9 Å². The summed E-state index contributed by atoms with van der Waals surface area (Å²) >= 11 is 0. The standard InChI is InChI=1S/C33H42F2N2O4/c1-22(15-24-12-13-26(34)18-28(24)35)19-37(21-27-11-8-14-36(27)20-23-9-6-5-7-10-23)32(38)25-16-29(39-4)31-30(17-25)40-33(2,3)41-31/h12-13,15-18,23,27H,5-11,14,19-21H2,1-4H3/t27-/m0/s1. The van der Waals surface area contributed by atoms with Crippen molar-refractivity contribution in [3.63, 3.8) is 0 Å². The summed E-state index contributed by atoms with van der Waals surface area (Å²) < 4.78 is 45.3. The van der Waals surface area contributed by atoms with Gasteiger partial charge in [-0.05, 0) is 69.3 Å². The fraction of sp³-hybridized carbons (Fsp3) is 0.545. The van der Waals surface area contributed by atoms with E-state index in [1.54, 1.807) is 25.3 Å². The third-order valence-electron chi connectivity index (χ3n) is 8.43. The zero-order chi connectivity index (χ0) is 29.1. The first-order valence-electron chi connectivity index (χ1n) is 14.9. The van der Waals surface area contributed by atoms with E-state index < -0.39 is 17.4 Å². The molecular weight excluding hydrogens is 526 g/mol. The van der Waals surface area contributed by atoms with Gasteiger partial charge >= 0.3 is 0 Å². The minimum Gasteiger partial charge on any atom is -0.493 e. The predicted octanol–water partition coefficient (Wildman–Crippen LogP) is 7.07. The largest absolute Gasteiger partial charge is 0.493 e. The molecule has 0 N–H and O–H groups in total. The highest BCUT2D eigenvalue weighted by molar-refractivity contribution is 5.96. The molecule has 0 radical (unpaired) electrons. The third kappa shape index (κ3) is 7.03. The summed E-state index contributed by atoms with van der Waals surface area (Å²) in [6, 6.07) is 7.22. The first-order chi connectivity index (χ1) is 19.6. The van der Waals surface area contributed by atoms with Gasteiger partial charge in [-0.2, -0.15) is 0 Å². The van der Waals surface area contributed by atoms with E-state index in [1.165, 1.54) is 44.2 Å². The average Bonchev–Trinajstić information content (AvgIpc) is 3.50. The topological polar surface area (TPSA) is 51.2 Å². The van der Waals surface area contributed by atoms with Crippen LogP contribution in [-0.2, 0) is 0 Å². The van der Waals surface area contributed by atoms with E-state index >= 15 is 0 Å². The van der Waals surface area contributed by atoms with Crippen molar-refractivity contribution in [2.24, 2.45) is 5.92 Å². The number of rotatable bonds is 9. The molecule has 0 unspecified atom stereocenters. The first kappa shape index (κ1) is 29.4. The monoisotopic (exact) mass is 568 g/mol. The molecule has 2 aromatic carbocycles. The van der Waals surface area contributed by atoms with Crippen molar-refractivity contribution >= 4 is 12.0 Å². The Morgan fingerprint density at radius 3 is 2.61 bits per heavy atom. The minimum absolute atomic E-state index is 0.156. The molecule has 1 aliphatic carbocycles. The maximum Gasteiger partial charge on any atom is 0.254 e. The van der Waals surface area contributed by atoms with Gasteiger partial charge in [0.15, 0.2) is 11.5 Å². The second kappa shape index (κ2) is 12.4. The van der Waals surface area contributed by atoms with Crippen LogP contribution in [0.2, 0.25) is 0 Å². The first-order valence-corrected chi connectivity index (χ1v) is 14.9. The van der Waals surface area contributed by atoms with E-state index in [9.17, 15) is 13.6 Å². The number of benzene rings is 2. The lowest BCUT2D eigenvalue weighted by Crippen LogP contribution is -2.45. The fourth-order valence-corrected chi connectivity index (χ4v) is 6.49. The molecule has 8 heteroatoms. The molecule has 5 rings (SSSR count). The molecule has 2 aromatic rings. The van der Waals surface area contributed by atoms with Gasteiger partial charge in [-0.25, -0.2) is 8.78 Å². The molecule has 2 aliphatic heterocycles. The number of methoxy groups -OCH3 is 1. The Balaban J connectivity index is 1.41. The zero-order valence-corrected chi connectivity index (χ0v) is 24.7. The maximum atomic E-state index is 14.4. The number of ether oxygens (including phenoxy) is 3. The summed E-state index contributed by atoms with van der Waals surface area (Å²) in [5.41, 5.74) is 1.54. The van der Waals surface area contributed by atoms with Crippen LogP contribution < -0.4 is 14.2 Å². The summed E-state index contributed by atoms with van der Waals surface area (Å²) in [7, 11) is 1.54. The quantitative estimate of drug-likeness (QED) is 0.324. The highest BCUT2D eigenvalue weighted by Crippen LogP contribution is 2.47. The number of amides is 1. The van der Waals surface area contributed by atoms with Gasteiger partial charge in [-0.1, -0.05) is 30.9 Å². The van der Waals surface area contributed by atoms with Crippen molar-refractivity contribution in [2.45, 2.75) is 77.5 Å². The van der Waals surface area contributed by atoms with Gasteiger partial charge in [0.2, 0.25) is 11.5 Å². The molecule has 1 saturated heterocycles. The fourth-order valence-electron chi connectivity index (χ4n) is 6.49. The van der Waals surface area contributed by atoms with E-state index in [0.29, 0.717) is 41.5 Å². The lowest BCUT2D eigenvalue weighted by atomic mass is 9.89. The van der Waals surface area contributed by atoms with E-state index in [2.05, 4.69) is 4.90 Å². The molecule has 222 valence electrons. The van der Waals surface area contributed by atoms with Crippen LogP contribution in [0.1, 0.15) is 81.6 Å². The Bertz CT molecular complexity index is 1290. The van der Waals surface area contributed by atoms with E-state index in [1.807, 2.05) is 25.7 Å². The summed E-state index contributed by atoms with van der Waals surface area (Å²) in [5, 5.41) is 0. The summed E-state index contributed by atoms with van der Waals surface area (Å²) in [5.74, 6) is -0.144. The second-order valence-electron chi connectivity index (χ2n) is 12.2. The van der Waals surface area contributed by atoms with Crippen molar-refractivity contribution in [1.29, 1.82) is 0 Å². The molecule has 2 fully saturated rings. The minimum atomic E-state index is -0.862. The number of carbonyl (C=O) groups is 1. The Morgan fingerprint density at radius 1 is 1.10 bits per heavy atom. The molecular formula is C33H42F2N2O4. The molecule has 3 aliphatic rings. The van der Waals surface area contributed by atoms with Crippen molar-refractivity contribution < 1.29 is 27.8 Å². The lowest BCUT2D eigenvalue weighted by molar-refractivity contribution is -0.0439. The van der Waals surface area contributed by atoms with Crippen LogP contribution in [0, 0.1) is 17.6 Å². The molecule has 1 atom stereocenters. The van der Waals surface area contributed by atoms with Crippen LogP contribution in [0.3, 0.4) is 0 Å². The molecule has 2 heterocycles. The van der Waals surface area contributed by atoms with Gasteiger partial charge in [0.05, 0.1) is 7.11 Å². The molecule has 1 amide bonds. The Morgan fingerprint density at radius 2 is 1.88 bits per heavy atom. The van der Waals surface area contributed by atoms with Gasteiger partial charge in [0.25, 0.3) is 5.91 Å². The van der Waals surface area contributed by atoms with E-state index in [0.717, 1.165) is 43.5 Å². The van der Waals surface area contributed by atoms with Crippen LogP contribution in [0.15, 0.2) is 35.9 Å². The van der Waals surface area contributed by atoms with Crippen molar-refractivity contribution in [3.05, 3.63) is 58.7 Å². The van der Waals surface area contributed by atoms with Crippen molar-refractivity contribution in [2.75, 3.05) is 33.3 Å². The number of nitrogens with zero attached hydrogens (tertiary/aromatic N) is 2. The van der Waals surface area contributed by atoms with Crippen molar-refractivity contribution in [3.8, 4) is 17.2 Å². The molecule has 0 bridgehead atoms. The number of fused-ring (bicyclic) bond motifs is 1. The SMILES string of the molecule is COc1cc(C(=O)N(CC(C)=Cc2ccc(F)cc2F)C[C@@H]2CCCN2CC2CCCCC2)cc2c1OC(C)(C)O2. The van der Waals surface area contributed by atoms with Crippen LogP contribution in [0.25, 0.3) is 6.08 Å².